The molecule has 1 aromatic rings. The molecule has 3 rings (SSSR count). The van der Waals surface area contributed by atoms with Gasteiger partial charge in [0, 0.05) is 19.0 Å². The molecule has 23 heavy (non-hydrogen) atoms. The minimum absolute atomic E-state index is 0.0317. The van der Waals surface area contributed by atoms with Gasteiger partial charge < -0.3 is 9.80 Å². The molecule has 0 radical (unpaired) electrons. The summed E-state index contributed by atoms with van der Waals surface area (Å²) in [5, 5.41) is 0. The minimum atomic E-state index is 0.0317. The molecule has 1 unspecified atom stereocenters. The van der Waals surface area contributed by atoms with Gasteiger partial charge in [-0.2, -0.15) is 0 Å². The number of nitrogens with zero attached hydrogens (tertiary/aromatic N) is 2. The van der Waals surface area contributed by atoms with E-state index in [0.29, 0.717) is 6.54 Å². The van der Waals surface area contributed by atoms with Crippen LogP contribution in [0.1, 0.15) is 50.3 Å². The van der Waals surface area contributed by atoms with Crippen LogP contribution in [0.3, 0.4) is 0 Å². The topological polar surface area (TPSA) is 40.6 Å². The lowest BCUT2D eigenvalue weighted by molar-refractivity contribution is -0.151. The summed E-state index contributed by atoms with van der Waals surface area (Å²) in [4.78, 5) is 29.1. The second kappa shape index (κ2) is 6.73. The molecule has 0 N–H and O–H groups in total. The zero-order valence-corrected chi connectivity index (χ0v) is 14.1. The highest BCUT2D eigenvalue weighted by Crippen LogP contribution is 2.33. The van der Waals surface area contributed by atoms with E-state index in [9.17, 15) is 9.59 Å². The van der Waals surface area contributed by atoms with E-state index in [4.69, 9.17) is 0 Å². The van der Waals surface area contributed by atoms with Crippen molar-refractivity contribution in [2.75, 3.05) is 19.6 Å². The van der Waals surface area contributed by atoms with E-state index < -0.39 is 0 Å². The molecule has 0 aromatic heterocycles. The lowest BCUT2D eigenvalue weighted by Gasteiger charge is -2.45. The van der Waals surface area contributed by atoms with Crippen LogP contribution in [0, 0.1) is 5.92 Å². The van der Waals surface area contributed by atoms with Gasteiger partial charge >= 0.3 is 0 Å². The summed E-state index contributed by atoms with van der Waals surface area (Å²) in [6.45, 7) is 5.83. The average Bonchev–Trinajstić information content (AvgIpc) is 2.58. The molecule has 2 atom stereocenters. The summed E-state index contributed by atoms with van der Waals surface area (Å²) in [6, 6.07) is 8.36. The highest BCUT2D eigenvalue weighted by Gasteiger charge is 2.39. The SMILES string of the molecule is CCCC(CC)C(=O)N1CC(=O)N2CCc3ccccc3[C@@H]2C1. The lowest BCUT2D eigenvalue weighted by atomic mass is 9.90. The third-order valence-corrected chi connectivity index (χ3v) is 5.24. The molecule has 4 heteroatoms. The van der Waals surface area contributed by atoms with Gasteiger partial charge in [0.05, 0.1) is 12.6 Å². The second-order valence-electron chi connectivity index (χ2n) is 6.66. The Morgan fingerprint density at radius 1 is 1.30 bits per heavy atom. The van der Waals surface area contributed by atoms with Crippen molar-refractivity contribution < 1.29 is 9.59 Å². The molecule has 1 saturated heterocycles. The van der Waals surface area contributed by atoms with Crippen molar-refractivity contribution >= 4 is 11.8 Å². The van der Waals surface area contributed by atoms with Crippen LogP contribution in [-0.2, 0) is 16.0 Å². The molecule has 0 bridgehead atoms. The highest BCUT2D eigenvalue weighted by molar-refractivity contribution is 5.87. The van der Waals surface area contributed by atoms with Crippen molar-refractivity contribution in [3.63, 3.8) is 0 Å². The zero-order valence-electron chi connectivity index (χ0n) is 14.1. The molecule has 2 heterocycles. The van der Waals surface area contributed by atoms with Gasteiger partial charge in [0.25, 0.3) is 0 Å². The van der Waals surface area contributed by atoms with Gasteiger partial charge in [0.15, 0.2) is 0 Å². The van der Waals surface area contributed by atoms with Gasteiger partial charge in [-0.15, -0.1) is 0 Å². The number of rotatable bonds is 4. The van der Waals surface area contributed by atoms with Crippen LogP contribution in [0.2, 0.25) is 0 Å². The summed E-state index contributed by atoms with van der Waals surface area (Å²) in [5.74, 6) is 0.305. The normalized spacial score (nSPS) is 21.7. The Labute approximate surface area is 138 Å². The predicted molar refractivity (Wildman–Crippen MR) is 89.9 cm³/mol. The smallest absolute Gasteiger partial charge is 0.242 e. The van der Waals surface area contributed by atoms with Crippen molar-refractivity contribution in [2.45, 2.75) is 45.6 Å². The maximum Gasteiger partial charge on any atom is 0.242 e. The predicted octanol–water partition coefficient (Wildman–Crippen LogP) is 2.78. The fourth-order valence-electron chi connectivity index (χ4n) is 3.95. The Morgan fingerprint density at radius 2 is 2.09 bits per heavy atom. The van der Waals surface area contributed by atoms with Crippen molar-refractivity contribution in [1.82, 2.24) is 9.80 Å². The van der Waals surface area contributed by atoms with Crippen molar-refractivity contribution in [3.05, 3.63) is 35.4 Å². The zero-order chi connectivity index (χ0) is 16.4. The van der Waals surface area contributed by atoms with E-state index >= 15 is 0 Å². The van der Waals surface area contributed by atoms with Gasteiger partial charge in [0.2, 0.25) is 11.8 Å². The van der Waals surface area contributed by atoms with Gasteiger partial charge in [-0.05, 0) is 30.4 Å². The summed E-state index contributed by atoms with van der Waals surface area (Å²) in [7, 11) is 0. The molecular formula is C19H26N2O2. The first-order valence-electron chi connectivity index (χ1n) is 8.81. The number of hydrogen-bond donors (Lipinski definition) is 0. The largest absolute Gasteiger partial charge is 0.332 e. The summed E-state index contributed by atoms with van der Waals surface area (Å²) in [5.41, 5.74) is 2.53. The first-order valence-corrected chi connectivity index (χ1v) is 8.81. The third kappa shape index (κ3) is 2.99. The minimum Gasteiger partial charge on any atom is -0.332 e. The van der Waals surface area contributed by atoms with E-state index in [2.05, 4.69) is 32.0 Å². The number of amides is 2. The van der Waals surface area contributed by atoms with Crippen molar-refractivity contribution in [2.24, 2.45) is 5.92 Å². The lowest BCUT2D eigenvalue weighted by Crippen LogP contribution is -2.56. The van der Waals surface area contributed by atoms with Gasteiger partial charge in [-0.3, -0.25) is 9.59 Å². The number of carbonyl (C=O) groups excluding carboxylic acids is 2. The van der Waals surface area contributed by atoms with E-state index in [0.717, 1.165) is 32.2 Å². The van der Waals surface area contributed by atoms with E-state index in [-0.39, 0.29) is 30.3 Å². The number of hydrogen-bond acceptors (Lipinski definition) is 2. The van der Waals surface area contributed by atoms with Gasteiger partial charge in [0.1, 0.15) is 0 Å². The summed E-state index contributed by atoms with van der Waals surface area (Å²) in [6.07, 6.45) is 3.68. The molecule has 2 amide bonds. The molecule has 0 aliphatic carbocycles. The van der Waals surface area contributed by atoms with Crippen LogP contribution >= 0.6 is 0 Å². The fourth-order valence-corrected chi connectivity index (χ4v) is 3.95. The Hall–Kier alpha value is -1.84. The van der Waals surface area contributed by atoms with Crippen LogP contribution in [0.15, 0.2) is 24.3 Å². The quantitative estimate of drug-likeness (QED) is 0.857. The van der Waals surface area contributed by atoms with Crippen LogP contribution < -0.4 is 0 Å². The highest BCUT2D eigenvalue weighted by atomic mass is 16.2. The summed E-state index contributed by atoms with van der Waals surface area (Å²) >= 11 is 0. The van der Waals surface area contributed by atoms with Crippen LogP contribution in [0.4, 0.5) is 0 Å². The number of piperazine rings is 1. The monoisotopic (exact) mass is 314 g/mol. The van der Waals surface area contributed by atoms with Crippen LogP contribution in [0.5, 0.6) is 0 Å². The molecule has 2 aliphatic heterocycles. The number of benzene rings is 1. The maximum atomic E-state index is 12.8. The van der Waals surface area contributed by atoms with Crippen molar-refractivity contribution in [1.29, 1.82) is 0 Å². The Balaban J connectivity index is 1.83. The molecule has 4 nitrogen and oxygen atoms in total. The Kier molecular flexibility index (Phi) is 4.69. The Bertz CT molecular complexity index is 599. The second-order valence-corrected chi connectivity index (χ2v) is 6.66. The molecule has 0 saturated carbocycles. The molecule has 1 aromatic carbocycles. The number of carbonyl (C=O) groups is 2. The van der Waals surface area contributed by atoms with Gasteiger partial charge in [-0.25, -0.2) is 0 Å². The van der Waals surface area contributed by atoms with E-state index in [1.165, 1.54) is 11.1 Å². The standard InChI is InChI=1S/C19H26N2O2/c1-3-7-14(4-2)19(23)20-12-17-16-9-6-5-8-15(16)10-11-21(17)18(22)13-20/h5-6,8-9,14,17H,3-4,7,10-13H2,1-2H3/t14?,17-/m0/s1. The first-order chi connectivity index (χ1) is 11.2. The first kappa shape index (κ1) is 16.0. The van der Waals surface area contributed by atoms with Gasteiger partial charge in [-0.1, -0.05) is 44.5 Å². The third-order valence-electron chi connectivity index (χ3n) is 5.24. The van der Waals surface area contributed by atoms with Crippen LogP contribution in [0.25, 0.3) is 0 Å². The summed E-state index contributed by atoms with van der Waals surface area (Å²) < 4.78 is 0. The van der Waals surface area contributed by atoms with Crippen LogP contribution in [-0.4, -0.2) is 41.2 Å². The average molecular weight is 314 g/mol. The molecule has 124 valence electrons. The molecular weight excluding hydrogens is 288 g/mol. The number of fused-ring (bicyclic) bond motifs is 3. The molecule has 1 fully saturated rings. The molecule has 2 aliphatic rings. The van der Waals surface area contributed by atoms with Crippen molar-refractivity contribution in [3.8, 4) is 0 Å². The maximum absolute atomic E-state index is 12.8. The fraction of sp³-hybridized carbons (Fsp3) is 0.579. The Morgan fingerprint density at radius 3 is 2.83 bits per heavy atom. The molecule has 0 spiro atoms. The van der Waals surface area contributed by atoms with E-state index in [1.807, 2.05) is 11.0 Å². The van der Waals surface area contributed by atoms with E-state index in [1.54, 1.807) is 4.90 Å².